The summed E-state index contributed by atoms with van der Waals surface area (Å²) in [5.41, 5.74) is 2.57. The predicted octanol–water partition coefficient (Wildman–Crippen LogP) is 3.11. The van der Waals surface area contributed by atoms with Crippen molar-refractivity contribution in [2.45, 2.75) is 31.7 Å². The molecule has 2 aromatic rings. The molecule has 0 aromatic carbocycles. The van der Waals surface area contributed by atoms with Crippen molar-refractivity contribution in [2.24, 2.45) is 0 Å². The minimum absolute atomic E-state index is 0.622. The first-order valence-electron chi connectivity index (χ1n) is 8.75. The smallest absolute Gasteiger partial charge is 0.131 e. The van der Waals surface area contributed by atoms with E-state index in [1.807, 2.05) is 24.5 Å². The number of aromatic nitrogens is 2. The summed E-state index contributed by atoms with van der Waals surface area (Å²) in [5, 5.41) is 3.32. The summed E-state index contributed by atoms with van der Waals surface area (Å²) >= 11 is 0. The summed E-state index contributed by atoms with van der Waals surface area (Å²) in [6, 6.07) is 9.02. The molecule has 2 aliphatic rings. The van der Waals surface area contributed by atoms with E-state index in [4.69, 9.17) is 4.74 Å². The maximum Gasteiger partial charge on any atom is 0.131 e. The first-order chi connectivity index (χ1) is 11.8. The van der Waals surface area contributed by atoms with E-state index in [-0.39, 0.29) is 0 Å². The first kappa shape index (κ1) is 15.5. The van der Waals surface area contributed by atoms with Crippen molar-refractivity contribution < 1.29 is 4.74 Å². The van der Waals surface area contributed by atoms with Gasteiger partial charge in [-0.05, 0) is 74.2 Å². The van der Waals surface area contributed by atoms with Crippen LogP contribution in [0.4, 0.5) is 11.6 Å². The van der Waals surface area contributed by atoms with Gasteiger partial charge < -0.3 is 10.1 Å². The highest BCUT2D eigenvalue weighted by atomic mass is 16.5. The van der Waals surface area contributed by atoms with Crippen molar-refractivity contribution in [3.05, 3.63) is 47.8 Å². The van der Waals surface area contributed by atoms with Crippen LogP contribution in [-0.4, -0.2) is 47.2 Å². The molecule has 1 N–H and O–H groups in total. The highest BCUT2D eigenvalue weighted by Gasteiger charge is 2.30. The van der Waals surface area contributed by atoms with Crippen molar-refractivity contribution in [3.63, 3.8) is 0 Å². The fourth-order valence-corrected chi connectivity index (χ4v) is 3.54. The summed E-state index contributed by atoms with van der Waals surface area (Å²) in [7, 11) is 0. The van der Waals surface area contributed by atoms with Crippen LogP contribution in [0.2, 0.25) is 0 Å². The number of rotatable bonds is 4. The lowest BCUT2D eigenvalue weighted by Gasteiger charge is -2.41. The molecule has 0 radical (unpaired) electrons. The monoisotopic (exact) mass is 324 g/mol. The molecule has 0 aliphatic carbocycles. The maximum atomic E-state index is 5.32. The normalized spacial score (nSPS) is 19.9. The van der Waals surface area contributed by atoms with Gasteiger partial charge in [-0.1, -0.05) is 0 Å². The largest absolute Gasteiger partial charge is 0.378 e. The van der Waals surface area contributed by atoms with E-state index in [0.717, 1.165) is 24.8 Å². The van der Waals surface area contributed by atoms with Gasteiger partial charge in [0.05, 0.1) is 19.3 Å². The van der Waals surface area contributed by atoms with E-state index in [1.165, 1.54) is 37.1 Å². The fraction of sp³-hybridized carbons (Fsp3) is 0.474. The Hall–Kier alpha value is -1.98. The molecule has 0 amide bonds. The molecule has 0 atom stereocenters. The lowest BCUT2D eigenvalue weighted by molar-refractivity contribution is -0.0712. The molecule has 4 rings (SSSR count). The molecule has 4 heterocycles. The zero-order valence-electron chi connectivity index (χ0n) is 14.1. The molecule has 2 aliphatic heterocycles. The summed E-state index contributed by atoms with van der Waals surface area (Å²) in [5.74, 6) is 2.34. The molecule has 5 heteroatoms. The third-order valence-corrected chi connectivity index (χ3v) is 5.09. The van der Waals surface area contributed by atoms with Gasteiger partial charge in [-0.3, -0.25) is 4.90 Å². The number of pyridine rings is 2. The van der Waals surface area contributed by atoms with E-state index in [0.29, 0.717) is 12.0 Å². The van der Waals surface area contributed by atoms with Crippen molar-refractivity contribution in [2.75, 3.05) is 31.6 Å². The molecule has 0 saturated carbocycles. The second-order valence-electron chi connectivity index (χ2n) is 6.82. The summed E-state index contributed by atoms with van der Waals surface area (Å²) in [6.45, 7) is 6.24. The van der Waals surface area contributed by atoms with E-state index >= 15 is 0 Å². The number of hydrogen-bond acceptors (Lipinski definition) is 5. The van der Waals surface area contributed by atoms with Gasteiger partial charge in [0, 0.05) is 12.4 Å². The fourth-order valence-electron chi connectivity index (χ4n) is 3.54. The van der Waals surface area contributed by atoms with Gasteiger partial charge in [-0.25, -0.2) is 9.97 Å². The predicted molar refractivity (Wildman–Crippen MR) is 94.6 cm³/mol. The third-order valence-electron chi connectivity index (χ3n) is 5.09. The Balaban J connectivity index is 1.41. The lowest BCUT2D eigenvalue weighted by atomic mass is 9.89. The summed E-state index contributed by atoms with van der Waals surface area (Å²) < 4.78 is 5.32. The number of anilines is 2. The molecule has 2 saturated heterocycles. The summed E-state index contributed by atoms with van der Waals surface area (Å²) in [4.78, 5) is 11.4. The molecular weight excluding hydrogens is 300 g/mol. The van der Waals surface area contributed by atoms with Crippen LogP contribution in [0, 0.1) is 6.92 Å². The van der Waals surface area contributed by atoms with E-state index in [1.54, 1.807) is 0 Å². The molecule has 126 valence electrons. The third kappa shape index (κ3) is 3.42. The van der Waals surface area contributed by atoms with Crippen LogP contribution in [0.5, 0.6) is 0 Å². The lowest BCUT2D eigenvalue weighted by Crippen LogP contribution is -2.51. The Morgan fingerprint density at radius 3 is 2.42 bits per heavy atom. The molecule has 2 aromatic heterocycles. The van der Waals surface area contributed by atoms with Crippen molar-refractivity contribution in [1.29, 1.82) is 0 Å². The molecule has 0 bridgehead atoms. The van der Waals surface area contributed by atoms with Gasteiger partial charge in [-0.15, -0.1) is 0 Å². The maximum absolute atomic E-state index is 5.32. The number of piperidine rings is 1. The minimum Gasteiger partial charge on any atom is -0.378 e. The average Bonchev–Trinajstić information content (AvgIpc) is 2.54. The highest BCUT2D eigenvalue weighted by Crippen LogP contribution is 2.31. The number of hydrogen-bond donors (Lipinski definition) is 1. The quantitative estimate of drug-likeness (QED) is 0.936. The van der Waals surface area contributed by atoms with Crippen LogP contribution in [0.3, 0.4) is 0 Å². The van der Waals surface area contributed by atoms with Crippen LogP contribution in [0.25, 0.3) is 0 Å². The number of nitrogens with zero attached hydrogens (tertiary/aromatic N) is 3. The van der Waals surface area contributed by atoms with E-state index in [2.05, 4.69) is 39.2 Å². The topological polar surface area (TPSA) is 50.3 Å². The average molecular weight is 324 g/mol. The van der Waals surface area contributed by atoms with E-state index < -0.39 is 0 Å². The molecular formula is C19H24N4O. The van der Waals surface area contributed by atoms with Crippen LogP contribution in [0.1, 0.15) is 29.9 Å². The van der Waals surface area contributed by atoms with Crippen LogP contribution in [-0.2, 0) is 4.74 Å². The molecule has 24 heavy (non-hydrogen) atoms. The zero-order valence-corrected chi connectivity index (χ0v) is 14.1. The van der Waals surface area contributed by atoms with Crippen LogP contribution in [0.15, 0.2) is 36.7 Å². The molecule has 0 spiro atoms. The molecule has 5 nitrogen and oxygen atoms in total. The minimum atomic E-state index is 0.622. The Morgan fingerprint density at radius 2 is 1.75 bits per heavy atom. The van der Waals surface area contributed by atoms with Crippen LogP contribution < -0.4 is 5.32 Å². The Morgan fingerprint density at radius 1 is 1.04 bits per heavy atom. The second kappa shape index (κ2) is 6.87. The van der Waals surface area contributed by atoms with Crippen molar-refractivity contribution in [3.8, 4) is 0 Å². The second-order valence-corrected chi connectivity index (χ2v) is 6.82. The van der Waals surface area contributed by atoms with Gasteiger partial charge in [0.2, 0.25) is 0 Å². The Kier molecular flexibility index (Phi) is 4.45. The highest BCUT2D eigenvalue weighted by molar-refractivity contribution is 5.53. The molecule has 2 fully saturated rings. The first-order valence-corrected chi connectivity index (χ1v) is 8.75. The Bertz CT molecular complexity index is 693. The van der Waals surface area contributed by atoms with Gasteiger partial charge in [0.1, 0.15) is 11.6 Å². The number of aryl methyl sites for hydroxylation is 1. The zero-order chi connectivity index (χ0) is 16.4. The van der Waals surface area contributed by atoms with Crippen LogP contribution >= 0.6 is 0 Å². The van der Waals surface area contributed by atoms with Gasteiger partial charge >= 0.3 is 0 Å². The Labute approximate surface area is 143 Å². The number of ether oxygens (including phenoxy) is 1. The number of likely N-dealkylation sites (tertiary alicyclic amines) is 1. The van der Waals surface area contributed by atoms with E-state index in [9.17, 15) is 0 Å². The van der Waals surface area contributed by atoms with Gasteiger partial charge in [0.15, 0.2) is 0 Å². The summed E-state index contributed by atoms with van der Waals surface area (Å²) in [6.07, 6.45) is 6.15. The van der Waals surface area contributed by atoms with Crippen molar-refractivity contribution in [1.82, 2.24) is 14.9 Å². The van der Waals surface area contributed by atoms with Gasteiger partial charge in [-0.2, -0.15) is 0 Å². The number of nitrogens with one attached hydrogen (secondary N) is 1. The molecule has 0 unspecified atom stereocenters. The van der Waals surface area contributed by atoms with Crippen molar-refractivity contribution >= 4 is 11.6 Å². The SMILES string of the molecule is Cc1ccnc(Nc2cc(C3CCN(C4COC4)CC3)ccn2)c1. The van der Waals surface area contributed by atoms with Gasteiger partial charge in [0.25, 0.3) is 0 Å². The standard InChI is InChI=1S/C19H24N4O/c1-14-2-6-20-18(10-14)22-19-11-16(3-7-21-19)15-4-8-23(9-5-15)17-12-24-13-17/h2-3,6-7,10-11,15,17H,4-5,8-9,12-13H2,1H3,(H,20,21,22).